The highest BCUT2D eigenvalue weighted by Crippen LogP contribution is 2.20. The zero-order valence-corrected chi connectivity index (χ0v) is 13.6. The van der Waals surface area contributed by atoms with Crippen LogP contribution in [0.3, 0.4) is 0 Å². The summed E-state index contributed by atoms with van der Waals surface area (Å²) in [6.45, 7) is 6.31. The van der Waals surface area contributed by atoms with Gasteiger partial charge in [-0.1, -0.05) is 32.0 Å². The Kier molecular flexibility index (Phi) is 4.19. The van der Waals surface area contributed by atoms with E-state index in [1.807, 2.05) is 38.2 Å². The number of rotatable bonds is 5. The van der Waals surface area contributed by atoms with Crippen LogP contribution in [0.4, 0.5) is 0 Å². The number of carbonyl (C=O) groups excluding carboxylic acids is 1. The van der Waals surface area contributed by atoms with Crippen LogP contribution >= 0.6 is 0 Å². The number of H-pyrrole nitrogens is 1. The van der Waals surface area contributed by atoms with Gasteiger partial charge >= 0.3 is 0 Å². The number of para-hydroxylation sites is 1. The van der Waals surface area contributed by atoms with Gasteiger partial charge < -0.3 is 14.7 Å². The van der Waals surface area contributed by atoms with E-state index in [4.69, 9.17) is 4.42 Å². The fourth-order valence-corrected chi connectivity index (χ4v) is 2.73. The molecule has 0 spiro atoms. The van der Waals surface area contributed by atoms with E-state index in [2.05, 4.69) is 21.4 Å². The van der Waals surface area contributed by atoms with Crippen molar-refractivity contribution in [3.63, 3.8) is 0 Å². The summed E-state index contributed by atoms with van der Waals surface area (Å²) >= 11 is 0. The van der Waals surface area contributed by atoms with Crippen LogP contribution in [0.2, 0.25) is 0 Å². The van der Waals surface area contributed by atoms with Gasteiger partial charge in [-0.05, 0) is 24.0 Å². The monoisotopic (exact) mass is 311 g/mol. The molecule has 0 bridgehead atoms. The lowest BCUT2D eigenvalue weighted by Crippen LogP contribution is -2.26. The molecule has 0 aliphatic carbocycles. The zero-order chi connectivity index (χ0) is 16.4. The molecule has 3 aromatic rings. The van der Waals surface area contributed by atoms with Crippen LogP contribution in [0, 0.1) is 6.92 Å². The highest BCUT2D eigenvalue weighted by Gasteiger charge is 2.20. The largest absolute Gasteiger partial charge is 0.436 e. The molecular weight excluding hydrogens is 290 g/mol. The van der Waals surface area contributed by atoms with E-state index in [0.29, 0.717) is 23.9 Å². The third-order valence-corrected chi connectivity index (χ3v) is 3.87. The number of nitrogens with zero attached hydrogens (tertiary/aromatic N) is 1. The summed E-state index contributed by atoms with van der Waals surface area (Å²) < 4.78 is 5.47. The van der Waals surface area contributed by atoms with Gasteiger partial charge in [-0.15, -0.1) is 0 Å². The van der Waals surface area contributed by atoms with Gasteiger partial charge in [0.1, 0.15) is 0 Å². The van der Waals surface area contributed by atoms with Crippen LogP contribution in [-0.4, -0.2) is 22.4 Å². The maximum Gasteiger partial charge on any atom is 0.289 e. The van der Waals surface area contributed by atoms with Gasteiger partial charge in [-0.25, -0.2) is 4.98 Å². The zero-order valence-electron chi connectivity index (χ0n) is 13.6. The topological polar surface area (TPSA) is 70.9 Å². The van der Waals surface area contributed by atoms with E-state index >= 15 is 0 Å². The Morgan fingerprint density at radius 2 is 2.13 bits per heavy atom. The van der Waals surface area contributed by atoms with E-state index in [-0.39, 0.29) is 11.8 Å². The minimum atomic E-state index is -0.200. The van der Waals surface area contributed by atoms with Gasteiger partial charge in [0.15, 0.2) is 5.89 Å². The summed E-state index contributed by atoms with van der Waals surface area (Å²) in [6, 6.07) is 8.15. The molecule has 2 N–H and O–H groups in total. The van der Waals surface area contributed by atoms with Crippen molar-refractivity contribution in [1.29, 1.82) is 0 Å². The summed E-state index contributed by atoms with van der Waals surface area (Å²) in [6.07, 6.45) is 2.76. The van der Waals surface area contributed by atoms with Crippen molar-refractivity contribution in [2.45, 2.75) is 33.1 Å². The quantitative estimate of drug-likeness (QED) is 0.757. The highest BCUT2D eigenvalue weighted by molar-refractivity contribution is 5.92. The minimum absolute atomic E-state index is 0.154. The van der Waals surface area contributed by atoms with Crippen LogP contribution in [-0.2, 0) is 6.42 Å². The van der Waals surface area contributed by atoms with E-state index in [1.165, 1.54) is 10.9 Å². The molecule has 3 rings (SSSR count). The SMILES string of the molecule is Cc1nc(C(C)C)c(C(=O)NCCc2c[nH]c3ccccc23)o1. The van der Waals surface area contributed by atoms with Crippen molar-refractivity contribution >= 4 is 16.8 Å². The molecule has 0 radical (unpaired) electrons. The van der Waals surface area contributed by atoms with Gasteiger partial charge in [0, 0.05) is 30.6 Å². The third-order valence-electron chi connectivity index (χ3n) is 3.87. The lowest BCUT2D eigenvalue weighted by atomic mass is 10.1. The van der Waals surface area contributed by atoms with Crippen molar-refractivity contribution in [3.05, 3.63) is 53.4 Å². The first-order chi connectivity index (χ1) is 11.1. The Morgan fingerprint density at radius 3 is 2.91 bits per heavy atom. The second kappa shape index (κ2) is 6.28. The summed E-state index contributed by atoms with van der Waals surface area (Å²) in [7, 11) is 0. The number of carbonyl (C=O) groups is 1. The lowest BCUT2D eigenvalue weighted by Gasteiger charge is -2.05. The average Bonchev–Trinajstić information content (AvgIpc) is 3.11. The summed E-state index contributed by atoms with van der Waals surface area (Å²) in [5.74, 6) is 0.808. The Morgan fingerprint density at radius 1 is 1.35 bits per heavy atom. The van der Waals surface area contributed by atoms with E-state index in [9.17, 15) is 4.79 Å². The third kappa shape index (κ3) is 3.13. The molecule has 0 fully saturated rings. The summed E-state index contributed by atoms with van der Waals surface area (Å²) in [5.41, 5.74) is 3.02. The number of aryl methyl sites for hydroxylation is 1. The molecule has 5 heteroatoms. The Bertz CT molecular complexity index is 830. The number of hydrogen-bond acceptors (Lipinski definition) is 3. The number of oxazole rings is 1. The smallest absolute Gasteiger partial charge is 0.289 e. The van der Waals surface area contributed by atoms with Crippen molar-refractivity contribution in [3.8, 4) is 0 Å². The van der Waals surface area contributed by atoms with Gasteiger partial charge in [0.05, 0.1) is 5.69 Å². The summed E-state index contributed by atoms with van der Waals surface area (Å²) in [4.78, 5) is 19.9. The van der Waals surface area contributed by atoms with Gasteiger partial charge in [0.25, 0.3) is 5.91 Å². The number of fused-ring (bicyclic) bond motifs is 1. The van der Waals surface area contributed by atoms with Crippen LogP contribution in [0.25, 0.3) is 10.9 Å². The van der Waals surface area contributed by atoms with E-state index < -0.39 is 0 Å². The van der Waals surface area contributed by atoms with E-state index in [1.54, 1.807) is 6.92 Å². The predicted molar refractivity (Wildman–Crippen MR) is 89.7 cm³/mol. The van der Waals surface area contributed by atoms with Gasteiger partial charge in [0.2, 0.25) is 5.76 Å². The second-order valence-electron chi connectivity index (χ2n) is 5.97. The molecule has 0 saturated carbocycles. The molecular formula is C18H21N3O2. The molecule has 0 aliphatic rings. The first kappa shape index (κ1) is 15.3. The van der Waals surface area contributed by atoms with Crippen molar-refractivity contribution in [2.24, 2.45) is 0 Å². The van der Waals surface area contributed by atoms with Crippen LogP contribution in [0.15, 0.2) is 34.9 Å². The standard InChI is InChI=1S/C18H21N3O2/c1-11(2)16-17(23-12(3)21-16)18(22)19-9-8-13-10-20-15-7-5-4-6-14(13)15/h4-7,10-11,20H,8-9H2,1-3H3,(H,19,22). The van der Waals surface area contributed by atoms with Crippen LogP contribution in [0.5, 0.6) is 0 Å². The molecule has 1 aromatic carbocycles. The Balaban J connectivity index is 1.66. The normalized spacial score (nSPS) is 11.3. The molecule has 0 aliphatic heterocycles. The van der Waals surface area contributed by atoms with Crippen molar-refractivity contribution in [1.82, 2.24) is 15.3 Å². The maximum atomic E-state index is 12.3. The molecule has 120 valence electrons. The number of amides is 1. The fourth-order valence-electron chi connectivity index (χ4n) is 2.73. The van der Waals surface area contributed by atoms with Crippen molar-refractivity contribution < 1.29 is 9.21 Å². The van der Waals surface area contributed by atoms with Crippen LogP contribution in [0.1, 0.15) is 47.5 Å². The number of aromatic nitrogens is 2. The molecule has 0 unspecified atom stereocenters. The Labute approximate surface area is 135 Å². The molecule has 2 aromatic heterocycles. The average molecular weight is 311 g/mol. The number of benzene rings is 1. The number of hydrogen-bond donors (Lipinski definition) is 2. The first-order valence-electron chi connectivity index (χ1n) is 7.86. The van der Waals surface area contributed by atoms with Gasteiger partial charge in [-0.2, -0.15) is 0 Å². The maximum absolute atomic E-state index is 12.3. The van der Waals surface area contributed by atoms with Crippen molar-refractivity contribution in [2.75, 3.05) is 6.54 Å². The minimum Gasteiger partial charge on any atom is -0.436 e. The molecule has 0 atom stereocenters. The number of aromatic amines is 1. The van der Waals surface area contributed by atoms with Crippen LogP contribution < -0.4 is 5.32 Å². The van der Waals surface area contributed by atoms with E-state index in [0.717, 1.165) is 11.9 Å². The molecule has 2 heterocycles. The fraction of sp³-hybridized carbons (Fsp3) is 0.333. The van der Waals surface area contributed by atoms with Gasteiger partial charge in [-0.3, -0.25) is 4.79 Å². The molecule has 0 saturated heterocycles. The molecule has 5 nitrogen and oxygen atoms in total. The second-order valence-corrected chi connectivity index (χ2v) is 5.97. The number of nitrogens with one attached hydrogen (secondary N) is 2. The lowest BCUT2D eigenvalue weighted by molar-refractivity contribution is 0.0923. The Hall–Kier alpha value is -2.56. The predicted octanol–water partition coefficient (Wildman–Crippen LogP) is 3.56. The first-order valence-corrected chi connectivity index (χ1v) is 7.86. The molecule has 1 amide bonds. The molecule has 23 heavy (non-hydrogen) atoms. The summed E-state index contributed by atoms with van der Waals surface area (Å²) in [5, 5.41) is 4.12. The highest BCUT2D eigenvalue weighted by atomic mass is 16.4.